The number of allylic oxidation sites excluding steroid dienone is 2. The Balaban J connectivity index is 1.04. The summed E-state index contributed by atoms with van der Waals surface area (Å²) in [5, 5.41) is 2.88. The predicted octanol–water partition coefficient (Wildman–Crippen LogP) is 4.78. The molecule has 3 aromatic rings. The molecule has 1 saturated carbocycles. The Morgan fingerprint density at radius 3 is 2.03 bits per heavy atom. The number of carbonyl (C=O) groups excluding carboxylic acids is 4. The number of carbonyl (C=O) groups is 4. The molecule has 4 atom stereocenters. The van der Waals surface area contributed by atoms with Crippen molar-refractivity contribution in [2.45, 2.75) is 19.3 Å². The van der Waals surface area contributed by atoms with Crippen LogP contribution in [0.5, 0.6) is 0 Å². The molecule has 3 amide bonds. The Bertz CT molecular complexity index is 1510. The number of anilines is 2. The number of nitrogens with zero attached hydrogens (tertiary/aromatic N) is 1. The van der Waals surface area contributed by atoms with Crippen LogP contribution in [0.4, 0.5) is 11.4 Å². The molecule has 0 spiro atoms. The molecule has 4 aliphatic carbocycles. The molecule has 3 aromatic carbocycles. The molecule has 182 valence electrons. The van der Waals surface area contributed by atoms with E-state index in [1.165, 1.54) is 4.90 Å². The quantitative estimate of drug-likeness (QED) is 0.331. The van der Waals surface area contributed by atoms with E-state index in [9.17, 15) is 19.2 Å². The van der Waals surface area contributed by atoms with Crippen molar-refractivity contribution in [3.05, 3.63) is 95.6 Å². The second-order valence-corrected chi connectivity index (χ2v) is 10.4. The fourth-order valence-corrected chi connectivity index (χ4v) is 6.59. The number of ketones is 1. The second kappa shape index (κ2) is 8.10. The minimum atomic E-state index is -0.242. The zero-order chi connectivity index (χ0) is 25.3. The molecular weight excluding hydrogens is 464 g/mol. The van der Waals surface area contributed by atoms with E-state index in [1.54, 1.807) is 36.4 Å². The highest BCUT2D eigenvalue weighted by atomic mass is 16.2. The molecule has 37 heavy (non-hydrogen) atoms. The van der Waals surface area contributed by atoms with E-state index in [-0.39, 0.29) is 53.6 Å². The molecular formula is C31H24N2O4. The van der Waals surface area contributed by atoms with Crippen molar-refractivity contribution in [2.75, 3.05) is 10.2 Å². The Hall–Kier alpha value is -4.32. The largest absolute Gasteiger partial charge is 0.326 e. The van der Waals surface area contributed by atoms with Gasteiger partial charge in [0.2, 0.25) is 17.7 Å². The van der Waals surface area contributed by atoms with Crippen LogP contribution in [0.15, 0.2) is 78.9 Å². The summed E-state index contributed by atoms with van der Waals surface area (Å²) >= 11 is 0. The van der Waals surface area contributed by atoms with Crippen molar-refractivity contribution in [1.82, 2.24) is 0 Å². The van der Waals surface area contributed by atoms with E-state index < -0.39 is 0 Å². The Kier molecular flexibility index (Phi) is 4.80. The van der Waals surface area contributed by atoms with Gasteiger partial charge in [-0.3, -0.25) is 24.1 Å². The number of hydrogen-bond donors (Lipinski definition) is 1. The summed E-state index contributed by atoms with van der Waals surface area (Å²) in [6.07, 6.45) is 6.29. The lowest BCUT2D eigenvalue weighted by Gasteiger charge is -2.38. The lowest BCUT2D eigenvalue weighted by atomic mass is 9.63. The van der Waals surface area contributed by atoms with Crippen LogP contribution in [0.1, 0.15) is 34.3 Å². The predicted molar refractivity (Wildman–Crippen MR) is 139 cm³/mol. The average molecular weight is 489 g/mol. The van der Waals surface area contributed by atoms with E-state index in [1.807, 2.05) is 30.3 Å². The molecule has 0 radical (unpaired) electrons. The van der Waals surface area contributed by atoms with Crippen LogP contribution >= 0.6 is 0 Å². The van der Waals surface area contributed by atoms with Gasteiger partial charge in [-0.25, -0.2) is 0 Å². The molecule has 1 aliphatic heterocycles. The summed E-state index contributed by atoms with van der Waals surface area (Å²) in [5.41, 5.74) is 4.96. The van der Waals surface area contributed by atoms with Crippen molar-refractivity contribution in [1.29, 1.82) is 0 Å². The minimum Gasteiger partial charge on any atom is -0.326 e. The van der Waals surface area contributed by atoms with Crippen LogP contribution in [0.3, 0.4) is 0 Å². The van der Waals surface area contributed by atoms with Gasteiger partial charge >= 0.3 is 0 Å². The SMILES string of the molecule is O=C(Cc1ccc(N2C(=O)C3C4C=CC(CC4)C3C2=O)cc1)Nc1ccc2c(c1)C(=O)c1ccccc1-2. The van der Waals surface area contributed by atoms with E-state index in [2.05, 4.69) is 17.5 Å². The maximum atomic E-state index is 13.2. The molecule has 4 unspecified atom stereocenters. The monoisotopic (exact) mass is 488 g/mol. The highest BCUT2D eigenvalue weighted by Crippen LogP contribution is 2.50. The molecule has 1 heterocycles. The number of benzene rings is 3. The van der Waals surface area contributed by atoms with Crippen LogP contribution in [0.2, 0.25) is 0 Å². The number of nitrogens with one attached hydrogen (secondary N) is 1. The van der Waals surface area contributed by atoms with Gasteiger partial charge in [-0.15, -0.1) is 0 Å². The van der Waals surface area contributed by atoms with Gasteiger partial charge in [0.1, 0.15) is 0 Å². The number of imide groups is 1. The van der Waals surface area contributed by atoms with Crippen molar-refractivity contribution in [3.8, 4) is 11.1 Å². The lowest BCUT2D eigenvalue weighted by molar-refractivity contribution is -0.124. The first kappa shape index (κ1) is 21.9. The Morgan fingerprint density at radius 2 is 1.38 bits per heavy atom. The van der Waals surface area contributed by atoms with Gasteiger partial charge in [-0.2, -0.15) is 0 Å². The number of fused-ring (bicyclic) bond motifs is 4. The van der Waals surface area contributed by atoms with Crippen LogP contribution in [0, 0.1) is 23.7 Å². The maximum Gasteiger partial charge on any atom is 0.238 e. The lowest BCUT2D eigenvalue weighted by Crippen LogP contribution is -2.38. The van der Waals surface area contributed by atoms with Crippen molar-refractivity contribution < 1.29 is 19.2 Å². The fourth-order valence-electron chi connectivity index (χ4n) is 6.59. The summed E-state index contributed by atoms with van der Waals surface area (Å²) in [5.74, 6) is -0.626. The van der Waals surface area contributed by atoms with Crippen molar-refractivity contribution >= 4 is 34.9 Å². The summed E-state index contributed by atoms with van der Waals surface area (Å²) in [7, 11) is 0. The maximum absolute atomic E-state index is 13.2. The third-order valence-electron chi connectivity index (χ3n) is 8.33. The van der Waals surface area contributed by atoms with Crippen LogP contribution in [-0.4, -0.2) is 23.5 Å². The van der Waals surface area contributed by atoms with E-state index in [0.29, 0.717) is 22.5 Å². The molecule has 0 aromatic heterocycles. The van der Waals surface area contributed by atoms with Crippen LogP contribution < -0.4 is 10.2 Å². The van der Waals surface area contributed by atoms with Gasteiger partial charge in [-0.05, 0) is 65.6 Å². The first-order valence-corrected chi connectivity index (χ1v) is 12.7. The number of hydrogen-bond acceptors (Lipinski definition) is 4. The zero-order valence-corrected chi connectivity index (χ0v) is 20.0. The first-order chi connectivity index (χ1) is 18.0. The van der Waals surface area contributed by atoms with E-state index in [0.717, 1.165) is 29.5 Å². The number of rotatable bonds is 4. The van der Waals surface area contributed by atoms with Gasteiger partial charge in [0.15, 0.2) is 5.78 Å². The van der Waals surface area contributed by atoms with Crippen molar-refractivity contribution in [2.24, 2.45) is 23.7 Å². The molecule has 2 bridgehead atoms. The highest BCUT2D eigenvalue weighted by molar-refractivity contribution is 6.23. The Morgan fingerprint density at radius 1 is 0.757 bits per heavy atom. The zero-order valence-electron chi connectivity index (χ0n) is 20.0. The minimum absolute atomic E-state index is 0.0353. The smallest absolute Gasteiger partial charge is 0.238 e. The summed E-state index contributed by atoms with van der Waals surface area (Å²) in [6, 6.07) is 20.0. The summed E-state index contributed by atoms with van der Waals surface area (Å²) in [6.45, 7) is 0. The molecule has 6 heteroatoms. The van der Waals surface area contributed by atoms with Crippen LogP contribution in [-0.2, 0) is 20.8 Å². The van der Waals surface area contributed by atoms with Gasteiger partial charge in [0.25, 0.3) is 0 Å². The molecule has 2 fully saturated rings. The normalized spacial score (nSPS) is 24.8. The van der Waals surface area contributed by atoms with Crippen LogP contribution in [0.25, 0.3) is 11.1 Å². The van der Waals surface area contributed by atoms with E-state index >= 15 is 0 Å². The molecule has 5 aliphatic rings. The summed E-state index contributed by atoms with van der Waals surface area (Å²) < 4.78 is 0. The number of amides is 3. The second-order valence-electron chi connectivity index (χ2n) is 10.4. The molecule has 1 N–H and O–H groups in total. The van der Waals surface area contributed by atoms with Gasteiger partial charge in [0, 0.05) is 16.8 Å². The van der Waals surface area contributed by atoms with Crippen molar-refractivity contribution in [3.63, 3.8) is 0 Å². The average Bonchev–Trinajstić information content (AvgIpc) is 3.37. The topological polar surface area (TPSA) is 83.6 Å². The summed E-state index contributed by atoms with van der Waals surface area (Å²) in [4.78, 5) is 53.2. The standard InChI is InChI=1S/C31H24N2O4/c34-26(32-20-11-14-23-22-3-1-2-4-24(22)29(35)25(23)16-20)15-17-5-12-21(13-6-17)33-30(36)27-18-7-8-19(10-9-18)28(27)31(33)37/h1-8,11-14,16,18-19,27-28H,9-10,15H2,(H,32,34). The third kappa shape index (κ3) is 3.32. The molecule has 1 saturated heterocycles. The Labute approximate surface area is 214 Å². The third-order valence-corrected chi connectivity index (χ3v) is 8.33. The fraction of sp³-hybridized carbons (Fsp3) is 0.226. The molecule has 8 rings (SSSR count). The first-order valence-electron chi connectivity index (χ1n) is 12.7. The van der Waals surface area contributed by atoms with Gasteiger partial charge in [-0.1, -0.05) is 54.6 Å². The van der Waals surface area contributed by atoms with Gasteiger partial charge < -0.3 is 5.32 Å². The molecule has 6 nitrogen and oxygen atoms in total. The highest BCUT2D eigenvalue weighted by Gasteiger charge is 2.56. The van der Waals surface area contributed by atoms with E-state index in [4.69, 9.17) is 0 Å². The van der Waals surface area contributed by atoms with Gasteiger partial charge in [0.05, 0.1) is 23.9 Å².